The van der Waals surface area contributed by atoms with Crippen molar-refractivity contribution in [2.45, 2.75) is 25.3 Å². The minimum absolute atomic E-state index is 0.271. The first kappa shape index (κ1) is 14.1. The molecule has 1 saturated heterocycles. The molecule has 1 aromatic rings. The quantitative estimate of drug-likeness (QED) is 0.792. The number of hydrogen-bond acceptors (Lipinski definition) is 3. The molecule has 1 aromatic heterocycles. The van der Waals surface area contributed by atoms with E-state index in [0.717, 1.165) is 35.4 Å². The monoisotopic (exact) mass is 332 g/mol. The lowest BCUT2D eigenvalue weighted by Crippen LogP contribution is -2.44. The zero-order valence-corrected chi connectivity index (χ0v) is 13.0. The van der Waals surface area contributed by atoms with E-state index in [0.29, 0.717) is 11.8 Å². The number of ether oxygens (including phenoxy) is 1. The molecule has 2 unspecified atom stereocenters. The van der Waals surface area contributed by atoms with Crippen LogP contribution in [0.3, 0.4) is 0 Å². The van der Waals surface area contributed by atoms with Gasteiger partial charge in [0.25, 0.3) is 0 Å². The van der Waals surface area contributed by atoms with E-state index in [2.05, 4.69) is 32.7 Å². The Kier molecular flexibility index (Phi) is 4.87. The number of aromatic nitrogens is 1. The molecule has 2 rings (SSSR count). The summed E-state index contributed by atoms with van der Waals surface area (Å²) in [6.45, 7) is 4.14. The molecule has 18 heavy (non-hydrogen) atoms. The number of anilines is 1. The normalized spacial score (nSPS) is 24.3. The number of nitrogens with zero attached hydrogens (tertiary/aromatic N) is 2. The minimum atomic E-state index is 0.271. The molecular weight excluding hydrogens is 316 g/mol. The predicted octanol–water partition coefficient (Wildman–Crippen LogP) is 3.44. The molecule has 1 fully saturated rings. The second kappa shape index (κ2) is 6.22. The summed E-state index contributed by atoms with van der Waals surface area (Å²) in [5.41, 5.74) is 1.07. The van der Waals surface area contributed by atoms with Crippen LogP contribution in [0.1, 0.15) is 18.9 Å². The Bertz CT molecular complexity index is 416. The second-order valence-corrected chi connectivity index (χ2v) is 5.94. The van der Waals surface area contributed by atoms with E-state index in [1.807, 2.05) is 12.3 Å². The topological polar surface area (TPSA) is 25.4 Å². The van der Waals surface area contributed by atoms with Crippen molar-refractivity contribution in [2.75, 3.05) is 25.1 Å². The first-order valence-electron chi connectivity index (χ1n) is 6.13. The first-order chi connectivity index (χ1) is 8.65. The average molecular weight is 334 g/mol. The van der Waals surface area contributed by atoms with E-state index in [4.69, 9.17) is 16.3 Å². The van der Waals surface area contributed by atoms with Gasteiger partial charge in [0.1, 0.15) is 5.82 Å². The van der Waals surface area contributed by atoms with Crippen LogP contribution in [0.4, 0.5) is 5.82 Å². The Morgan fingerprint density at radius 1 is 1.61 bits per heavy atom. The molecule has 0 N–H and O–H groups in total. The zero-order chi connectivity index (χ0) is 13.1. The Labute approximate surface area is 122 Å². The van der Waals surface area contributed by atoms with Crippen molar-refractivity contribution in [2.24, 2.45) is 5.92 Å². The highest BCUT2D eigenvalue weighted by Gasteiger charge is 2.27. The van der Waals surface area contributed by atoms with E-state index >= 15 is 0 Å². The van der Waals surface area contributed by atoms with Crippen LogP contribution in [-0.4, -0.2) is 31.3 Å². The van der Waals surface area contributed by atoms with Crippen LogP contribution in [0.15, 0.2) is 16.7 Å². The number of pyridine rings is 1. The zero-order valence-electron chi connectivity index (χ0n) is 10.7. The van der Waals surface area contributed by atoms with Crippen molar-refractivity contribution in [3.8, 4) is 0 Å². The van der Waals surface area contributed by atoms with Crippen molar-refractivity contribution in [3.05, 3.63) is 22.3 Å². The van der Waals surface area contributed by atoms with E-state index in [1.54, 1.807) is 7.11 Å². The smallest absolute Gasteiger partial charge is 0.133 e. The van der Waals surface area contributed by atoms with Crippen molar-refractivity contribution in [1.82, 2.24) is 4.98 Å². The third kappa shape index (κ3) is 2.98. The molecule has 0 saturated carbocycles. The second-order valence-electron chi connectivity index (χ2n) is 4.76. The van der Waals surface area contributed by atoms with Gasteiger partial charge < -0.3 is 9.64 Å². The molecular formula is C13H18BrClN2O. The van der Waals surface area contributed by atoms with E-state index < -0.39 is 0 Å². The number of methoxy groups -OCH3 is 1. The fraction of sp³-hybridized carbons (Fsp3) is 0.615. The van der Waals surface area contributed by atoms with Gasteiger partial charge in [-0.05, 0) is 34.3 Å². The van der Waals surface area contributed by atoms with Crippen LogP contribution < -0.4 is 4.90 Å². The van der Waals surface area contributed by atoms with Gasteiger partial charge in [-0.2, -0.15) is 0 Å². The van der Waals surface area contributed by atoms with Crippen LogP contribution in [-0.2, 0) is 10.6 Å². The van der Waals surface area contributed by atoms with Gasteiger partial charge in [0, 0.05) is 36.4 Å². The van der Waals surface area contributed by atoms with Gasteiger partial charge in [0.05, 0.1) is 12.0 Å². The number of rotatable bonds is 3. The first-order valence-corrected chi connectivity index (χ1v) is 7.46. The van der Waals surface area contributed by atoms with Gasteiger partial charge in [0.15, 0.2) is 0 Å². The summed E-state index contributed by atoms with van der Waals surface area (Å²) < 4.78 is 6.51. The number of halogens is 2. The molecule has 100 valence electrons. The highest BCUT2D eigenvalue weighted by molar-refractivity contribution is 9.10. The van der Waals surface area contributed by atoms with Crippen LogP contribution >= 0.6 is 27.5 Å². The van der Waals surface area contributed by atoms with Gasteiger partial charge >= 0.3 is 0 Å². The van der Waals surface area contributed by atoms with Crippen molar-refractivity contribution < 1.29 is 4.74 Å². The lowest BCUT2D eigenvalue weighted by Gasteiger charge is -2.37. The average Bonchev–Trinajstić information content (AvgIpc) is 2.39. The fourth-order valence-corrected chi connectivity index (χ4v) is 2.97. The molecule has 1 aliphatic rings. The number of piperidine rings is 1. The Hall–Kier alpha value is -0.320. The molecule has 2 atom stereocenters. The van der Waals surface area contributed by atoms with E-state index in [9.17, 15) is 0 Å². The Balaban J connectivity index is 2.21. The summed E-state index contributed by atoms with van der Waals surface area (Å²) in [5.74, 6) is 2.06. The standard InChI is InChI=1S/C13H18BrClN2O/c1-9-3-4-17(8-12(9)18-2)13-10(6-15)5-11(14)7-16-13/h5,7,9,12H,3-4,6,8H2,1-2H3. The van der Waals surface area contributed by atoms with Gasteiger partial charge in [-0.25, -0.2) is 4.98 Å². The SMILES string of the molecule is COC1CN(c2ncc(Br)cc2CCl)CCC1C. The predicted molar refractivity (Wildman–Crippen MR) is 78.3 cm³/mol. The molecule has 0 amide bonds. The molecule has 1 aliphatic heterocycles. The lowest BCUT2D eigenvalue weighted by molar-refractivity contribution is 0.0496. The maximum Gasteiger partial charge on any atom is 0.133 e. The summed E-state index contributed by atoms with van der Waals surface area (Å²) in [5, 5.41) is 0. The largest absolute Gasteiger partial charge is 0.379 e. The molecule has 2 heterocycles. The van der Waals surface area contributed by atoms with Gasteiger partial charge in [-0.1, -0.05) is 6.92 Å². The molecule has 3 nitrogen and oxygen atoms in total. The summed E-state index contributed by atoms with van der Waals surface area (Å²) in [6.07, 6.45) is 3.22. The lowest BCUT2D eigenvalue weighted by atomic mass is 9.95. The summed E-state index contributed by atoms with van der Waals surface area (Å²) in [6, 6.07) is 2.04. The fourth-order valence-electron chi connectivity index (χ4n) is 2.39. The summed E-state index contributed by atoms with van der Waals surface area (Å²) in [7, 11) is 1.78. The highest BCUT2D eigenvalue weighted by Crippen LogP contribution is 2.28. The van der Waals surface area contributed by atoms with E-state index in [1.165, 1.54) is 0 Å². The van der Waals surface area contributed by atoms with Gasteiger partial charge in [-0.3, -0.25) is 0 Å². The van der Waals surface area contributed by atoms with Crippen LogP contribution in [0.5, 0.6) is 0 Å². The molecule has 5 heteroatoms. The molecule has 0 aliphatic carbocycles. The van der Waals surface area contributed by atoms with Crippen LogP contribution in [0.2, 0.25) is 0 Å². The molecule has 0 radical (unpaired) electrons. The molecule has 0 spiro atoms. The Morgan fingerprint density at radius 2 is 2.39 bits per heavy atom. The third-order valence-electron chi connectivity index (χ3n) is 3.55. The van der Waals surface area contributed by atoms with Crippen molar-refractivity contribution in [3.63, 3.8) is 0 Å². The maximum atomic E-state index is 6.00. The maximum absolute atomic E-state index is 6.00. The van der Waals surface area contributed by atoms with Crippen molar-refractivity contribution in [1.29, 1.82) is 0 Å². The summed E-state index contributed by atoms with van der Waals surface area (Å²) in [4.78, 5) is 6.78. The third-order valence-corrected chi connectivity index (χ3v) is 4.27. The minimum Gasteiger partial charge on any atom is -0.379 e. The Morgan fingerprint density at radius 3 is 3.06 bits per heavy atom. The summed E-state index contributed by atoms with van der Waals surface area (Å²) >= 11 is 9.44. The van der Waals surface area contributed by atoms with Crippen molar-refractivity contribution >= 4 is 33.3 Å². The number of hydrogen-bond donors (Lipinski definition) is 0. The number of alkyl halides is 1. The van der Waals surface area contributed by atoms with Crippen LogP contribution in [0, 0.1) is 5.92 Å². The van der Waals surface area contributed by atoms with Gasteiger partial charge in [0.2, 0.25) is 0 Å². The van der Waals surface area contributed by atoms with Crippen LogP contribution in [0.25, 0.3) is 0 Å². The van der Waals surface area contributed by atoms with E-state index in [-0.39, 0.29) is 6.10 Å². The van der Waals surface area contributed by atoms with Gasteiger partial charge in [-0.15, -0.1) is 11.6 Å². The highest BCUT2D eigenvalue weighted by atomic mass is 79.9. The molecule has 0 bridgehead atoms. The molecule has 0 aromatic carbocycles.